The molecule has 2 saturated heterocycles. The number of halogens is 1. The molecule has 2 aliphatic rings. The molecule has 5 nitrogen and oxygen atoms in total. The molecule has 0 aromatic carbocycles. The van der Waals surface area contributed by atoms with Crippen LogP contribution in [0.5, 0.6) is 0 Å². The van der Waals surface area contributed by atoms with Crippen LogP contribution in [0.2, 0.25) is 0 Å². The molecule has 118 valence electrons. The first-order chi connectivity index (χ1) is 9.92. The fourth-order valence-corrected chi connectivity index (χ4v) is 3.00. The maximum absolute atomic E-state index is 5.50. The average molecular weight is 313 g/mol. The van der Waals surface area contributed by atoms with E-state index in [4.69, 9.17) is 4.74 Å². The van der Waals surface area contributed by atoms with E-state index in [0.717, 1.165) is 50.7 Å². The third kappa shape index (κ3) is 4.80. The van der Waals surface area contributed by atoms with Crippen LogP contribution in [0.25, 0.3) is 0 Å². The number of aryl methyl sites for hydroxylation is 1. The van der Waals surface area contributed by atoms with E-state index >= 15 is 0 Å². The number of hydrogen-bond acceptors (Lipinski definition) is 5. The highest BCUT2D eigenvalue weighted by Gasteiger charge is 2.15. The van der Waals surface area contributed by atoms with Gasteiger partial charge in [-0.2, -0.15) is 0 Å². The molecular weight excluding hydrogens is 288 g/mol. The molecule has 2 aliphatic heterocycles. The summed E-state index contributed by atoms with van der Waals surface area (Å²) in [6.45, 7) is 4.79. The maximum Gasteiger partial charge on any atom is 0.132 e. The van der Waals surface area contributed by atoms with Crippen molar-refractivity contribution in [2.45, 2.75) is 38.1 Å². The van der Waals surface area contributed by atoms with Crippen molar-refractivity contribution in [3.63, 3.8) is 0 Å². The van der Waals surface area contributed by atoms with Crippen molar-refractivity contribution < 1.29 is 4.74 Å². The van der Waals surface area contributed by atoms with Crippen molar-refractivity contribution in [1.82, 2.24) is 15.3 Å². The monoisotopic (exact) mass is 312 g/mol. The molecule has 0 spiro atoms. The summed E-state index contributed by atoms with van der Waals surface area (Å²) in [5.41, 5.74) is 1.16. The van der Waals surface area contributed by atoms with Crippen molar-refractivity contribution >= 4 is 18.2 Å². The summed E-state index contributed by atoms with van der Waals surface area (Å²) >= 11 is 0. The first kappa shape index (κ1) is 16.5. The molecule has 0 aliphatic carbocycles. The highest BCUT2D eigenvalue weighted by molar-refractivity contribution is 5.85. The normalized spacial score (nSPS) is 22.7. The highest BCUT2D eigenvalue weighted by atomic mass is 35.5. The zero-order chi connectivity index (χ0) is 13.6. The third-order valence-corrected chi connectivity index (χ3v) is 4.17. The molecule has 1 aromatic heterocycles. The minimum atomic E-state index is 0. The van der Waals surface area contributed by atoms with Gasteiger partial charge in [0.2, 0.25) is 0 Å². The number of hydrogen-bond donors (Lipinski definition) is 1. The Hall–Kier alpha value is -0.910. The van der Waals surface area contributed by atoms with Gasteiger partial charge in [0.05, 0.1) is 6.61 Å². The van der Waals surface area contributed by atoms with Crippen LogP contribution >= 0.6 is 12.4 Å². The minimum Gasteiger partial charge on any atom is -0.380 e. The summed E-state index contributed by atoms with van der Waals surface area (Å²) < 4.78 is 5.50. The van der Waals surface area contributed by atoms with Gasteiger partial charge in [-0.15, -0.1) is 12.4 Å². The molecular formula is C15H25ClN4O. The summed E-state index contributed by atoms with van der Waals surface area (Å²) in [7, 11) is 0. The topological polar surface area (TPSA) is 50.3 Å². The standard InChI is InChI=1S/C15H24N4O.ClH/c1-3-13(16-6-1)4-5-14-11-15(18-12-17-14)19-7-2-9-20-10-8-19;/h11-13,16H,1-10H2;1H. The van der Waals surface area contributed by atoms with Crippen LogP contribution < -0.4 is 10.2 Å². The van der Waals surface area contributed by atoms with E-state index in [-0.39, 0.29) is 12.4 Å². The van der Waals surface area contributed by atoms with Gasteiger partial charge in [-0.05, 0) is 38.6 Å². The largest absolute Gasteiger partial charge is 0.380 e. The Morgan fingerprint density at radius 1 is 1.24 bits per heavy atom. The third-order valence-electron chi connectivity index (χ3n) is 4.17. The van der Waals surface area contributed by atoms with E-state index in [2.05, 4.69) is 26.3 Å². The van der Waals surface area contributed by atoms with E-state index in [1.807, 2.05) is 0 Å². The van der Waals surface area contributed by atoms with E-state index in [0.29, 0.717) is 6.04 Å². The van der Waals surface area contributed by atoms with Gasteiger partial charge >= 0.3 is 0 Å². The highest BCUT2D eigenvalue weighted by Crippen LogP contribution is 2.16. The SMILES string of the molecule is Cl.c1nc(CCC2CCCN2)cc(N2CCCOCC2)n1. The smallest absolute Gasteiger partial charge is 0.132 e. The molecule has 3 heterocycles. The number of anilines is 1. The second-order valence-electron chi connectivity index (χ2n) is 5.65. The molecule has 0 amide bonds. The van der Waals surface area contributed by atoms with Crippen molar-refractivity contribution in [2.24, 2.45) is 0 Å². The predicted octanol–water partition coefficient (Wildman–Crippen LogP) is 1.81. The minimum absolute atomic E-state index is 0. The molecule has 1 N–H and O–H groups in total. The fourth-order valence-electron chi connectivity index (χ4n) is 3.00. The number of aromatic nitrogens is 2. The Morgan fingerprint density at radius 2 is 2.19 bits per heavy atom. The van der Waals surface area contributed by atoms with Gasteiger partial charge < -0.3 is 15.0 Å². The van der Waals surface area contributed by atoms with Crippen molar-refractivity contribution in [1.29, 1.82) is 0 Å². The molecule has 0 radical (unpaired) electrons. The van der Waals surface area contributed by atoms with E-state index in [1.54, 1.807) is 6.33 Å². The van der Waals surface area contributed by atoms with Crippen molar-refractivity contribution in [3.8, 4) is 0 Å². The molecule has 2 fully saturated rings. The van der Waals surface area contributed by atoms with Gasteiger partial charge in [-0.3, -0.25) is 0 Å². The van der Waals surface area contributed by atoms with Gasteiger partial charge in [0, 0.05) is 37.5 Å². The predicted molar refractivity (Wildman–Crippen MR) is 86.3 cm³/mol. The Kier molecular flexibility index (Phi) is 6.67. The second-order valence-corrected chi connectivity index (χ2v) is 5.65. The number of nitrogens with zero attached hydrogens (tertiary/aromatic N) is 3. The Balaban J connectivity index is 0.00000161. The first-order valence-electron chi connectivity index (χ1n) is 7.79. The maximum atomic E-state index is 5.50. The van der Waals surface area contributed by atoms with Crippen LogP contribution in [0, 0.1) is 0 Å². The van der Waals surface area contributed by atoms with Gasteiger partial charge in [0.1, 0.15) is 12.1 Å². The van der Waals surface area contributed by atoms with Crippen LogP contribution in [0.3, 0.4) is 0 Å². The zero-order valence-corrected chi connectivity index (χ0v) is 13.3. The Labute approximate surface area is 132 Å². The lowest BCUT2D eigenvalue weighted by Crippen LogP contribution is -2.27. The summed E-state index contributed by atoms with van der Waals surface area (Å²) in [6.07, 6.45) is 7.62. The lowest BCUT2D eigenvalue weighted by molar-refractivity contribution is 0.152. The van der Waals surface area contributed by atoms with Crippen molar-refractivity contribution in [3.05, 3.63) is 18.1 Å². The number of nitrogens with one attached hydrogen (secondary N) is 1. The summed E-state index contributed by atoms with van der Waals surface area (Å²) in [5, 5.41) is 3.54. The van der Waals surface area contributed by atoms with E-state index in [1.165, 1.54) is 25.8 Å². The lowest BCUT2D eigenvalue weighted by Gasteiger charge is -2.21. The van der Waals surface area contributed by atoms with Crippen LogP contribution in [-0.2, 0) is 11.2 Å². The Morgan fingerprint density at radius 3 is 3.05 bits per heavy atom. The molecule has 1 atom stereocenters. The van der Waals surface area contributed by atoms with Crippen LogP contribution in [0.15, 0.2) is 12.4 Å². The van der Waals surface area contributed by atoms with E-state index in [9.17, 15) is 0 Å². The molecule has 6 heteroatoms. The summed E-state index contributed by atoms with van der Waals surface area (Å²) in [4.78, 5) is 11.2. The van der Waals surface area contributed by atoms with Gasteiger partial charge in [-0.25, -0.2) is 9.97 Å². The molecule has 1 aromatic rings. The summed E-state index contributed by atoms with van der Waals surface area (Å²) in [6, 6.07) is 2.83. The number of rotatable bonds is 4. The second kappa shape index (κ2) is 8.51. The van der Waals surface area contributed by atoms with Crippen molar-refractivity contribution in [2.75, 3.05) is 37.7 Å². The van der Waals surface area contributed by atoms with Crippen LogP contribution in [-0.4, -0.2) is 48.9 Å². The average Bonchev–Trinajstić information content (AvgIpc) is 2.86. The molecule has 3 rings (SSSR count). The fraction of sp³-hybridized carbons (Fsp3) is 0.733. The van der Waals surface area contributed by atoms with Gasteiger partial charge in [0.15, 0.2) is 0 Å². The lowest BCUT2D eigenvalue weighted by atomic mass is 10.1. The molecule has 0 bridgehead atoms. The molecule has 21 heavy (non-hydrogen) atoms. The van der Waals surface area contributed by atoms with E-state index < -0.39 is 0 Å². The van der Waals surface area contributed by atoms with Crippen LogP contribution in [0.1, 0.15) is 31.4 Å². The molecule has 1 unspecified atom stereocenters. The summed E-state index contributed by atoms with van der Waals surface area (Å²) in [5.74, 6) is 1.06. The Bertz CT molecular complexity index is 418. The quantitative estimate of drug-likeness (QED) is 0.919. The molecule has 0 saturated carbocycles. The van der Waals surface area contributed by atoms with Gasteiger partial charge in [0.25, 0.3) is 0 Å². The first-order valence-corrected chi connectivity index (χ1v) is 7.79. The number of ether oxygens (including phenoxy) is 1. The zero-order valence-electron chi connectivity index (χ0n) is 12.5. The van der Waals surface area contributed by atoms with Crippen LogP contribution in [0.4, 0.5) is 5.82 Å². The van der Waals surface area contributed by atoms with Gasteiger partial charge in [-0.1, -0.05) is 0 Å².